The standard InChI is InChI=1S/C17H14ClNO2S/c18-15-10-8-13(9-11-15)12-19-22(20,21)17-7-3-5-14-4-1-2-6-16(14)17/h1-11,19H,12H2. The lowest BCUT2D eigenvalue weighted by Crippen LogP contribution is -2.23. The third-order valence-corrected chi connectivity index (χ3v) is 5.13. The monoisotopic (exact) mass is 331 g/mol. The number of benzene rings is 3. The van der Waals surface area contributed by atoms with Gasteiger partial charge in [-0.1, -0.05) is 60.1 Å². The van der Waals surface area contributed by atoms with Crippen molar-refractivity contribution in [2.24, 2.45) is 0 Å². The number of rotatable bonds is 4. The maximum Gasteiger partial charge on any atom is 0.241 e. The number of hydrogen-bond donors (Lipinski definition) is 1. The lowest BCUT2D eigenvalue weighted by molar-refractivity contribution is 0.582. The van der Waals surface area contributed by atoms with Crippen LogP contribution < -0.4 is 4.72 Å². The predicted molar refractivity (Wildman–Crippen MR) is 89.4 cm³/mol. The highest BCUT2D eigenvalue weighted by Crippen LogP contribution is 2.22. The van der Waals surface area contributed by atoms with Crippen LogP contribution in [0.1, 0.15) is 5.56 Å². The van der Waals surface area contributed by atoms with E-state index in [1.807, 2.05) is 30.3 Å². The summed E-state index contributed by atoms with van der Waals surface area (Å²) in [5.74, 6) is 0. The summed E-state index contributed by atoms with van der Waals surface area (Å²) in [5.41, 5.74) is 0.855. The van der Waals surface area contributed by atoms with Crippen LogP contribution in [0.3, 0.4) is 0 Å². The molecule has 0 aromatic heterocycles. The summed E-state index contributed by atoms with van der Waals surface area (Å²) in [6.45, 7) is 0.225. The molecule has 0 spiro atoms. The Bertz CT molecular complexity index is 900. The zero-order valence-electron chi connectivity index (χ0n) is 11.7. The van der Waals surface area contributed by atoms with Gasteiger partial charge in [0.05, 0.1) is 4.90 Å². The lowest BCUT2D eigenvalue weighted by atomic mass is 10.1. The summed E-state index contributed by atoms with van der Waals surface area (Å²) in [7, 11) is -3.58. The quantitative estimate of drug-likeness (QED) is 0.786. The van der Waals surface area contributed by atoms with Crippen LogP contribution in [0.25, 0.3) is 10.8 Å². The molecule has 5 heteroatoms. The van der Waals surface area contributed by atoms with Crippen molar-refractivity contribution in [1.82, 2.24) is 4.72 Å². The van der Waals surface area contributed by atoms with Crippen molar-refractivity contribution in [3.63, 3.8) is 0 Å². The number of halogens is 1. The molecular weight excluding hydrogens is 318 g/mol. The molecule has 0 bridgehead atoms. The Morgan fingerprint density at radius 2 is 1.55 bits per heavy atom. The first-order chi connectivity index (χ1) is 10.6. The summed E-state index contributed by atoms with van der Waals surface area (Å²) >= 11 is 5.82. The zero-order valence-corrected chi connectivity index (χ0v) is 13.2. The first-order valence-electron chi connectivity index (χ1n) is 6.78. The average Bonchev–Trinajstić information content (AvgIpc) is 2.54. The van der Waals surface area contributed by atoms with Crippen LogP contribution in [0.15, 0.2) is 71.6 Å². The maximum atomic E-state index is 12.5. The van der Waals surface area contributed by atoms with Gasteiger partial charge in [0.15, 0.2) is 0 Å². The molecule has 0 heterocycles. The largest absolute Gasteiger partial charge is 0.241 e. The van der Waals surface area contributed by atoms with Crippen molar-refractivity contribution in [1.29, 1.82) is 0 Å². The van der Waals surface area contributed by atoms with Crippen LogP contribution in [0.4, 0.5) is 0 Å². The summed E-state index contributed by atoms with van der Waals surface area (Å²) in [4.78, 5) is 0.291. The highest BCUT2D eigenvalue weighted by molar-refractivity contribution is 7.89. The molecule has 0 aliphatic rings. The van der Waals surface area contributed by atoms with Crippen LogP contribution >= 0.6 is 11.6 Å². The van der Waals surface area contributed by atoms with Crippen LogP contribution in [-0.2, 0) is 16.6 Å². The van der Waals surface area contributed by atoms with E-state index in [0.717, 1.165) is 10.9 Å². The number of nitrogens with one attached hydrogen (secondary N) is 1. The van der Waals surface area contributed by atoms with Crippen LogP contribution in [0.5, 0.6) is 0 Å². The maximum absolute atomic E-state index is 12.5. The van der Waals surface area contributed by atoms with E-state index in [2.05, 4.69) is 4.72 Å². The van der Waals surface area contributed by atoms with Gasteiger partial charge in [-0.25, -0.2) is 13.1 Å². The Labute approximate surface area is 134 Å². The fourth-order valence-electron chi connectivity index (χ4n) is 2.29. The van der Waals surface area contributed by atoms with Crippen molar-refractivity contribution in [3.05, 3.63) is 77.3 Å². The average molecular weight is 332 g/mol. The molecule has 22 heavy (non-hydrogen) atoms. The Hall–Kier alpha value is -1.88. The van der Waals surface area contributed by atoms with Crippen molar-refractivity contribution < 1.29 is 8.42 Å². The first-order valence-corrected chi connectivity index (χ1v) is 8.64. The molecule has 0 radical (unpaired) electrons. The highest BCUT2D eigenvalue weighted by Gasteiger charge is 2.16. The van der Waals surface area contributed by atoms with E-state index in [4.69, 9.17) is 11.6 Å². The molecule has 112 valence electrons. The molecule has 0 fully saturated rings. The van der Waals surface area contributed by atoms with Gasteiger partial charge >= 0.3 is 0 Å². The van der Waals surface area contributed by atoms with Gasteiger partial charge in [-0.15, -0.1) is 0 Å². The molecule has 0 aliphatic carbocycles. The predicted octanol–water partition coefficient (Wildman–Crippen LogP) is 3.97. The molecule has 0 unspecified atom stereocenters. The second-order valence-electron chi connectivity index (χ2n) is 4.93. The molecule has 3 aromatic carbocycles. The first kappa shape index (κ1) is 15.0. The molecule has 0 saturated heterocycles. The molecule has 0 aliphatic heterocycles. The van der Waals surface area contributed by atoms with Gasteiger partial charge in [0, 0.05) is 17.0 Å². The SMILES string of the molecule is O=S(=O)(NCc1ccc(Cl)cc1)c1cccc2ccccc12. The van der Waals surface area contributed by atoms with E-state index < -0.39 is 10.0 Å². The van der Waals surface area contributed by atoms with Crippen molar-refractivity contribution in [3.8, 4) is 0 Å². The minimum absolute atomic E-state index is 0.225. The van der Waals surface area contributed by atoms with E-state index in [1.165, 1.54) is 0 Å². The van der Waals surface area contributed by atoms with Crippen LogP contribution in [0, 0.1) is 0 Å². The molecule has 1 N–H and O–H groups in total. The highest BCUT2D eigenvalue weighted by atomic mass is 35.5. The third-order valence-electron chi connectivity index (χ3n) is 3.42. The Morgan fingerprint density at radius 1 is 0.864 bits per heavy atom. The van der Waals surface area contributed by atoms with Crippen molar-refractivity contribution >= 4 is 32.4 Å². The van der Waals surface area contributed by atoms with Gasteiger partial charge in [-0.2, -0.15) is 0 Å². The summed E-state index contributed by atoms with van der Waals surface area (Å²) in [5, 5.41) is 2.24. The normalized spacial score (nSPS) is 11.7. The smallest absolute Gasteiger partial charge is 0.207 e. The molecule has 3 aromatic rings. The second kappa shape index (κ2) is 6.08. The van der Waals surface area contributed by atoms with Crippen LogP contribution in [0.2, 0.25) is 5.02 Å². The fourth-order valence-corrected chi connectivity index (χ4v) is 3.66. The Balaban J connectivity index is 1.90. The Kier molecular flexibility index (Phi) is 4.16. The minimum atomic E-state index is -3.58. The number of hydrogen-bond acceptors (Lipinski definition) is 2. The van der Waals surface area contributed by atoms with E-state index in [1.54, 1.807) is 36.4 Å². The number of sulfonamides is 1. The van der Waals surface area contributed by atoms with Crippen LogP contribution in [-0.4, -0.2) is 8.42 Å². The van der Waals surface area contributed by atoms with Crippen molar-refractivity contribution in [2.45, 2.75) is 11.4 Å². The third kappa shape index (κ3) is 3.14. The van der Waals surface area contributed by atoms with Crippen molar-refractivity contribution in [2.75, 3.05) is 0 Å². The minimum Gasteiger partial charge on any atom is -0.207 e. The molecule has 3 nitrogen and oxygen atoms in total. The van der Waals surface area contributed by atoms with E-state index >= 15 is 0 Å². The molecule has 0 amide bonds. The summed E-state index contributed by atoms with van der Waals surface area (Å²) in [6, 6.07) is 19.8. The topological polar surface area (TPSA) is 46.2 Å². The van der Waals surface area contributed by atoms with Gasteiger partial charge in [-0.05, 0) is 29.1 Å². The van der Waals surface area contributed by atoms with Gasteiger partial charge in [0.2, 0.25) is 10.0 Å². The molecule has 3 rings (SSSR count). The van der Waals surface area contributed by atoms with E-state index in [-0.39, 0.29) is 6.54 Å². The van der Waals surface area contributed by atoms with Gasteiger partial charge in [0.25, 0.3) is 0 Å². The van der Waals surface area contributed by atoms with Gasteiger partial charge in [0.1, 0.15) is 0 Å². The molecular formula is C17H14ClNO2S. The Morgan fingerprint density at radius 3 is 2.32 bits per heavy atom. The summed E-state index contributed by atoms with van der Waals surface area (Å²) < 4.78 is 27.7. The van der Waals surface area contributed by atoms with E-state index in [0.29, 0.717) is 15.3 Å². The molecule has 0 atom stereocenters. The van der Waals surface area contributed by atoms with E-state index in [9.17, 15) is 8.42 Å². The van der Waals surface area contributed by atoms with Gasteiger partial charge < -0.3 is 0 Å². The zero-order chi connectivity index (χ0) is 15.6. The molecule has 0 saturated carbocycles. The lowest BCUT2D eigenvalue weighted by Gasteiger charge is -2.09. The fraction of sp³-hybridized carbons (Fsp3) is 0.0588. The van der Waals surface area contributed by atoms with Gasteiger partial charge in [-0.3, -0.25) is 0 Å². The second-order valence-corrected chi connectivity index (χ2v) is 7.10. The summed E-state index contributed by atoms with van der Waals surface area (Å²) in [6.07, 6.45) is 0. The number of fused-ring (bicyclic) bond motifs is 1.